The van der Waals surface area contributed by atoms with Crippen LogP contribution < -0.4 is 19.5 Å². The van der Waals surface area contributed by atoms with Crippen molar-refractivity contribution >= 4 is 5.91 Å². The molecule has 0 bridgehead atoms. The number of hydrogen-bond donors (Lipinski definition) is 1. The molecule has 0 atom stereocenters. The van der Waals surface area contributed by atoms with Crippen LogP contribution in [0.25, 0.3) is 11.5 Å². The van der Waals surface area contributed by atoms with E-state index in [0.29, 0.717) is 47.6 Å². The molecule has 1 aromatic heterocycles. The molecule has 0 unspecified atom stereocenters. The minimum Gasteiger partial charge on any atom is -0.493 e. The van der Waals surface area contributed by atoms with E-state index in [0.717, 1.165) is 12.0 Å². The van der Waals surface area contributed by atoms with Gasteiger partial charge in [0.25, 0.3) is 5.91 Å². The van der Waals surface area contributed by atoms with Crippen LogP contribution >= 0.6 is 0 Å². The Labute approximate surface area is 181 Å². The van der Waals surface area contributed by atoms with Gasteiger partial charge in [-0.25, -0.2) is 4.98 Å². The summed E-state index contributed by atoms with van der Waals surface area (Å²) in [5.74, 6) is 1.96. The van der Waals surface area contributed by atoms with Crippen LogP contribution in [0.1, 0.15) is 29.4 Å². The molecule has 2 aromatic carbocycles. The first-order valence-corrected chi connectivity index (χ1v) is 10.0. The van der Waals surface area contributed by atoms with Crippen LogP contribution in [-0.4, -0.2) is 31.2 Å². The summed E-state index contributed by atoms with van der Waals surface area (Å²) in [5.41, 5.74) is 1.82. The van der Waals surface area contributed by atoms with Gasteiger partial charge in [-0.15, -0.1) is 6.58 Å². The van der Waals surface area contributed by atoms with Crippen LogP contribution in [0, 0.1) is 0 Å². The fourth-order valence-corrected chi connectivity index (χ4v) is 2.90. The summed E-state index contributed by atoms with van der Waals surface area (Å²) in [4.78, 5) is 17.0. The number of ether oxygens (including phenoxy) is 3. The van der Waals surface area contributed by atoms with Gasteiger partial charge in [-0.2, -0.15) is 0 Å². The highest BCUT2D eigenvalue weighted by molar-refractivity contribution is 5.96. The van der Waals surface area contributed by atoms with Crippen molar-refractivity contribution in [3.8, 4) is 28.7 Å². The lowest BCUT2D eigenvalue weighted by atomic mass is 10.2. The van der Waals surface area contributed by atoms with E-state index in [4.69, 9.17) is 18.6 Å². The highest BCUT2D eigenvalue weighted by Crippen LogP contribution is 2.32. The third kappa shape index (κ3) is 5.66. The lowest BCUT2D eigenvalue weighted by Gasteiger charge is -2.10. The Hall–Kier alpha value is -3.74. The van der Waals surface area contributed by atoms with Crippen LogP contribution in [-0.2, 0) is 6.54 Å². The number of benzene rings is 2. The molecule has 1 N–H and O–H groups in total. The zero-order valence-corrected chi connectivity index (χ0v) is 17.7. The third-order valence-electron chi connectivity index (χ3n) is 4.40. The zero-order valence-electron chi connectivity index (χ0n) is 17.7. The van der Waals surface area contributed by atoms with E-state index in [2.05, 4.69) is 16.9 Å². The molecule has 0 spiro atoms. The molecule has 0 aliphatic rings. The summed E-state index contributed by atoms with van der Waals surface area (Å²) in [6.45, 7) is 6.77. The van der Waals surface area contributed by atoms with Crippen molar-refractivity contribution in [3.05, 3.63) is 72.6 Å². The molecule has 31 heavy (non-hydrogen) atoms. The van der Waals surface area contributed by atoms with Crippen LogP contribution in [0.3, 0.4) is 0 Å². The molecule has 1 heterocycles. The standard InChI is InChI=1S/C24H26N2O5/c1-4-6-13-30-22-14-17(11-12-21(22)28-3)24-26-18(16-31-24)15-25-23(27)19-9-7-8-10-20(19)29-5-2/h4,7-12,14,16H,1,5-6,13,15H2,2-3H3,(H,25,27). The number of para-hydroxylation sites is 1. The number of carbonyl (C=O) groups excluding carboxylic acids is 1. The molecule has 0 saturated carbocycles. The summed E-state index contributed by atoms with van der Waals surface area (Å²) in [5, 5.41) is 2.85. The number of oxazole rings is 1. The largest absolute Gasteiger partial charge is 0.493 e. The lowest BCUT2D eigenvalue weighted by molar-refractivity contribution is 0.0946. The van der Waals surface area contributed by atoms with E-state index in [1.54, 1.807) is 37.5 Å². The Morgan fingerprint density at radius 3 is 2.77 bits per heavy atom. The second-order valence-electron chi connectivity index (χ2n) is 6.55. The Kier molecular flexibility index (Phi) is 7.70. The van der Waals surface area contributed by atoms with Crippen molar-refractivity contribution in [1.29, 1.82) is 0 Å². The number of carbonyl (C=O) groups is 1. The Balaban J connectivity index is 1.68. The molecule has 3 rings (SSSR count). The van der Waals surface area contributed by atoms with Crippen molar-refractivity contribution in [3.63, 3.8) is 0 Å². The van der Waals surface area contributed by atoms with Crippen molar-refractivity contribution in [1.82, 2.24) is 10.3 Å². The number of nitrogens with zero attached hydrogens (tertiary/aromatic N) is 1. The van der Waals surface area contributed by atoms with Crippen molar-refractivity contribution < 1.29 is 23.4 Å². The Bertz CT molecular complexity index is 1030. The maximum atomic E-state index is 12.5. The number of aromatic nitrogens is 1. The third-order valence-corrected chi connectivity index (χ3v) is 4.40. The summed E-state index contributed by atoms with van der Waals surface area (Å²) in [6.07, 6.45) is 4.03. The average molecular weight is 422 g/mol. The molecular formula is C24H26N2O5. The molecule has 0 radical (unpaired) electrons. The van der Waals surface area contributed by atoms with E-state index in [1.165, 1.54) is 6.26 Å². The van der Waals surface area contributed by atoms with Crippen molar-refractivity contribution in [2.45, 2.75) is 19.9 Å². The van der Waals surface area contributed by atoms with Crippen LogP contribution in [0.15, 0.2) is 65.8 Å². The Morgan fingerprint density at radius 1 is 1.16 bits per heavy atom. The van der Waals surface area contributed by atoms with Gasteiger partial charge in [0.1, 0.15) is 12.0 Å². The molecule has 0 aliphatic heterocycles. The molecular weight excluding hydrogens is 396 g/mol. The molecule has 0 saturated heterocycles. The topological polar surface area (TPSA) is 82.8 Å². The minimum atomic E-state index is -0.240. The maximum Gasteiger partial charge on any atom is 0.255 e. The number of methoxy groups -OCH3 is 1. The van der Waals surface area contributed by atoms with Crippen LogP contribution in [0.5, 0.6) is 17.2 Å². The van der Waals surface area contributed by atoms with Crippen molar-refractivity contribution in [2.75, 3.05) is 20.3 Å². The van der Waals surface area contributed by atoms with Gasteiger partial charge < -0.3 is 23.9 Å². The molecule has 1 amide bonds. The number of rotatable bonds is 11. The Morgan fingerprint density at radius 2 is 2.00 bits per heavy atom. The van der Waals surface area contributed by atoms with Gasteiger partial charge >= 0.3 is 0 Å². The smallest absolute Gasteiger partial charge is 0.255 e. The molecule has 3 aromatic rings. The average Bonchev–Trinajstić information content (AvgIpc) is 3.27. The maximum absolute atomic E-state index is 12.5. The predicted molar refractivity (Wildman–Crippen MR) is 118 cm³/mol. The normalized spacial score (nSPS) is 10.4. The lowest BCUT2D eigenvalue weighted by Crippen LogP contribution is -2.23. The molecule has 7 heteroatoms. The predicted octanol–water partition coefficient (Wildman–Crippen LogP) is 4.63. The number of nitrogens with one attached hydrogen (secondary N) is 1. The summed E-state index contributed by atoms with van der Waals surface area (Å²) in [6, 6.07) is 12.6. The summed E-state index contributed by atoms with van der Waals surface area (Å²) < 4.78 is 22.2. The van der Waals surface area contributed by atoms with E-state index in [-0.39, 0.29) is 12.5 Å². The van der Waals surface area contributed by atoms with E-state index < -0.39 is 0 Å². The van der Waals surface area contributed by atoms with Gasteiger partial charge in [-0.3, -0.25) is 4.79 Å². The van der Waals surface area contributed by atoms with Gasteiger partial charge in [-0.1, -0.05) is 18.2 Å². The number of hydrogen-bond acceptors (Lipinski definition) is 6. The fourth-order valence-electron chi connectivity index (χ4n) is 2.90. The first-order chi connectivity index (χ1) is 15.2. The quantitative estimate of drug-likeness (QED) is 0.358. The highest BCUT2D eigenvalue weighted by atomic mass is 16.5. The SMILES string of the molecule is C=CCCOc1cc(-c2nc(CNC(=O)c3ccccc3OCC)co2)ccc1OC. The summed E-state index contributed by atoms with van der Waals surface area (Å²) in [7, 11) is 1.59. The molecule has 162 valence electrons. The second kappa shape index (κ2) is 10.9. The van der Waals surface area contributed by atoms with E-state index in [9.17, 15) is 4.79 Å². The van der Waals surface area contributed by atoms with Gasteiger partial charge in [0.05, 0.1) is 38.1 Å². The van der Waals surface area contributed by atoms with E-state index >= 15 is 0 Å². The van der Waals surface area contributed by atoms with Crippen LogP contribution in [0.4, 0.5) is 0 Å². The molecule has 7 nitrogen and oxygen atoms in total. The highest BCUT2D eigenvalue weighted by Gasteiger charge is 2.14. The molecule has 0 aliphatic carbocycles. The van der Waals surface area contributed by atoms with Crippen LogP contribution in [0.2, 0.25) is 0 Å². The molecule has 0 fully saturated rings. The fraction of sp³-hybridized carbons (Fsp3) is 0.250. The van der Waals surface area contributed by atoms with Gasteiger partial charge in [-0.05, 0) is 43.7 Å². The second-order valence-corrected chi connectivity index (χ2v) is 6.55. The van der Waals surface area contributed by atoms with Gasteiger partial charge in [0.15, 0.2) is 11.5 Å². The first kappa shape index (κ1) is 22.0. The monoisotopic (exact) mass is 422 g/mol. The van der Waals surface area contributed by atoms with Gasteiger partial charge in [0, 0.05) is 5.56 Å². The summed E-state index contributed by atoms with van der Waals surface area (Å²) >= 11 is 0. The minimum absolute atomic E-state index is 0.224. The zero-order chi connectivity index (χ0) is 22.1. The van der Waals surface area contributed by atoms with Gasteiger partial charge in [0.2, 0.25) is 5.89 Å². The number of amides is 1. The van der Waals surface area contributed by atoms with E-state index in [1.807, 2.05) is 25.1 Å². The van der Waals surface area contributed by atoms with Crippen molar-refractivity contribution in [2.24, 2.45) is 0 Å². The first-order valence-electron chi connectivity index (χ1n) is 10.0.